The second-order valence-corrected chi connectivity index (χ2v) is 13.7. The Bertz CT molecular complexity index is 368. The van der Waals surface area contributed by atoms with Gasteiger partial charge < -0.3 is 9.05 Å². The molecule has 1 aliphatic rings. The van der Waals surface area contributed by atoms with E-state index in [1.54, 1.807) is 0 Å². The van der Waals surface area contributed by atoms with Crippen LogP contribution in [0.4, 0.5) is 0 Å². The van der Waals surface area contributed by atoms with Crippen LogP contribution in [0, 0.1) is 5.41 Å². The molecule has 1 rings (SSSR count). The van der Waals surface area contributed by atoms with Gasteiger partial charge in [-0.2, -0.15) is 0 Å². The Morgan fingerprint density at radius 3 is 2.41 bits per heavy atom. The van der Waals surface area contributed by atoms with E-state index >= 15 is 0 Å². The molecule has 0 aromatic heterocycles. The summed E-state index contributed by atoms with van der Waals surface area (Å²) in [5.74, 6) is 0. The van der Waals surface area contributed by atoms with Crippen molar-refractivity contribution in [1.82, 2.24) is 0 Å². The Hall–Kier alpha value is 0.107. The van der Waals surface area contributed by atoms with E-state index in [4.69, 9.17) is 9.05 Å². The van der Waals surface area contributed by atoms with Crippen molar-refractivity contribution in [3.8, 4) is 0 Å². The minimum atomic E-state index is -3.06. The summed E-state index contributed by atoms with van der Waals surface area (Å²) in [6.45, 7) is 15.0. The highest BCUT2D eigenvalue weighted by molar-refractivity contribution is 7.62. The molecule has 17 heavy (non-hydrogen) atoms. The predicted molar refractivity (Wildman–Crippen MR) is 75.0 cm³/mol. The zero-order chi connectivity index (χ0) is 13.5. The lowest BCUT2D eigenvalue weighted by atomic mass is 9.88. The molecule has 100 valence electrons. The second kappa shape index (κ2) is 4.65. The highest BCUT2D eigenvalue weighted by Gasteiger charge is 2.47. The Balaban J connectivity index is 3.30. The molecular formula is C12H25O3PSi. The summed E-state index contributed by atoms with van der Waals surface area (Å²) in [5.41, 5.74) is -0.0827. The van der Waals surface area contributed by atoms with Crippen molar-refractivity contribution < 1.29 is 13.6 Å². The first kappa shape index (κ1) is 15.2. The molecule has 0 aromatic carbocycles. The van der Waals surface area contributed by atoms with Gasteiger partial charge in [0.05, 0.1) is 20.8 Å². The molecule has 0 N–H and O–H groups in total. The van der Waals surface area contributed by atoms with Crippen molar-refractivity contribution >= 4 is 15.7 Å². The van der Waals surface area contributed by atoms with Gasteiger partial charge in [0, 0.05) is 10.4 Å². The third-order valence-corrected chi connectivity index (χ3v) is 9.64. The van der Waals surface area contributed by atoms with Crippen molar-refractivity contribution in [2.75, 3.05) is 6.61 Å². The van der Waals surface area contributed by atoms with Gasteiger partial charge in [0.25, 0.3) is 0 Å². The van der Waals surface area contributed by atoms with E-state index in [2.05, 4.69) is 39.6 Å². The Labute approximate surface area is 106 Å². The minimum absolute atomic E-state index is 0.0827. The third-order valence-electron chi connectivity index (χ3n) is 3.22. The molecule has 5 heteroatoms. The Morgan fingerprint density at radius 1 is 1.47 bits per heavy atom. The van der Waals surface area contributed by atoms with Crippen LogP contribution >= 0.6 is 7.60 Å². The second-order valence-electron chi connectivity index (χ2n) is 6.26. The fourth-order valence-electron chi connectivity index (χ4n) is 1.85. The van der Waals surface area contributed by atoms with Crippen LogP contribution in [-0.2, 0) is 13.6 Å². The van der Waals surface area contributed by atoms with Gasteiger partial charge in [-0.1, -0.05) is 39.6 Å². The van der Waals surface area contributed by atoms with Crippen molar-refractivity contribution in [2.24, 2.45) is 5.41 Å². The first-order valence-electron chi connectivity index (χ1n) is 6.20. The van der Waals surface area contributed by atoms with E-state index in [0.29, 0.717) is 6.61 Å². The van der Waals surface area contributed by atoms with E-state index in [1.807, 2.05) is 13.8 Å². The first-order chi connectivity index (χ1) is 7.53. The number of hydrogen-bond acceptors (Lipinski definition) is 3. The van der Waals surface area contributed by atoms with E-state index in [0.717, 1.165) is 4.94 Å². The molecule has 2 atom stereocenters. The van der Waals surface area contributed by atoms with E-state index in [-0.39, 0.29) is 11.5 Å². The van der Waals surface area contributed by atoms with E-state index in [9.17, 15) is 4.57 Å². The highest BCUT2D eigenvalue weighted by Crippen LogP contribution is 2.64. The zero-order valence-electron chi connectivity index (χ0n) is 12.0. The average molecular weight is 276 g/mol. The lowest BCUT2D eigenvalue weighted by molar-refractivity contribution is 0.0907. The lowest BCUT2D eigenvalue weighted by Crippen LogP contribution is -2.37. The molecule has 0 radical (unpaired) electrons. The normalized spacial score (nSPS) is 33.4. The smallest absolute Gasteiger partial charge is 0.306 e. The molecule has 3 nitrogen and oxygen atoms in total. The van der Waals surface area contributed by atoms with Gasteiger partial charge in [-0.3, -0.25) is 4.57 Å². The topological polar surface area (TPSA) is 35.5 Å². The summed E-state index contributed by atoms with van der Waals surface area (Å²) in [6, 6.07) is 0. The van der Waals surface area contributed by atoms with Gasteiger partial charge >= 0.3 is 7.60 Å². The molecule has 0 amide bonds. The van der Waals surface area contributed by atoms with Crippen molar-refractivity contribution in [3.63, 3.8) is 0 Å². The molecule has 0 aromatic rings. The van der Waals surface area contributed by atoms with Crippen LogP contribution in [0.15, 0.2) is 11.0 Å². The first-order valence-corrected chi connectivity index (χ1v) is 11.2. The maximum atomic E-state index is 12.8. The molecule has 0 aliphatic carbocycles. The molecule has 0 fully saturated rings. The fraction of sp³-hybridized carbons (Fsp3) is 0.833. The summed E-state index contributed by atoms with van der Waals surface area (Å²) >= 11 is 0. The third kappa shape index (κ3) is 3.11. The van der Waals surface area contributed by atoms with E-state index in [1.165, 1.54) is 0 Å². The summed E-state index contributed by atoms with van der Waals surface area (Å²) in [7, 11) is -4.76. The lowest BCUT2D eigenvalue weighted by Gasteiger charge is -2.41. The average Bonchev–Trinajstić information content (AvgIpc) is 2.10. The summed E-state index contributed by atoms with van der Waals surface area (Å²) in [6.07, 6.45) is 2.06. The van der Waals surface area contributed by atoms with Gasteiger partial charge in [0.1, 0.15) is 0 Å². The maximum Gasteiger partial charge on any atom is 0.353 e. The van der Waals surface area contributed by atoms with Crippen LogP contribution in [0.25, 0.3) is 0 Å². The molecular weight excluding hydrogens is 251 g/mol. The van der Waals surface area contributed by atoms with Crippen LogP contribution in [0.1, 0.15) is 27.7 Å². The molecule has 1 aliphatic heterocycles. The Morgan fingerprint density at radius 2 is 2.00 bits per heavy atom. The molecule has 0 saturated heterocycles. The van der Waals surface area contributed by atoms with Gasteiger partial charge in [0.2, 0.25) is 0 Å². The summed E-state index contributed by atoms with van der Waals surface area (Å²) in [4.78, 5) is 0.940. The van der Waals surface area contributed by atoms with Crippen LogP contribution in [0.3, 0.4) is 0 Å². The highest BCUT2D eigenvalue weighted by atomic mass is 31.2. The quantitative estimate of drug-likeness (QED) is 0.565. The minimum Gasteiger partial charge on any atom is -0.306 e. The van der Waals surface area contributed by atoms with Gasteiger partial charge in [0.15, 0.2) is 0 Å². The van der Waals surface area contributed by atoms with E-state index < -0.39 is 15.7 Å². The Kier molecular flexibility index (Phi) is 4.15. The van der Waals surface area contributed by atoms with Crippen LogP contribution in [0.2, 0.25) is 19.6 Å². The summed E-state index contributed by atoms with van der Waals surface area (Å²) in [5, 5.41) is 0. The SMILES string of the molecule is CCOP1(=O)OC(C)C(C)(C)C=C1[Si](C)(C)C. The number of hydrogen-bond donors (Lipinski definition) is 0. The summed E-state index contributed by atoms with van der Waals surface area (Å²) < 4.78 is 24.1. The van der Waals surface area contributed by atoms with Crippen molar-refractivity contribution in [2.45, 2.75) is 53.4 Å². The van der Waals surface area contributed by atoms with Gasteiger partial charge in [-0.25, -0.2) is 0 Å². The standard InChI is InChI=1S/C12H25O3PSi/c1-8-14-16(13)11(17(5,6)7)9-12(3,4)10(2)15-16/h9-10H,8H2,1-7H3. The predicted octanol–water partition coefficient (Wildman–Crippen LogP) is 4.42. The monoisotopic (exact) mass is 276 g/mol. The van der Waals surface area contributed by atoms with Crippen LogP contribution < -0.4 is 0 Å². The van der Waals surface area contributed by atoms with Crippen molar-refractivity contribution in [3.05, 3.63) is 11.0 Å². The molecule has 0 bridgehead atoms. The molecule has 1 heterocycles. The molecule has 0 spiro atoms. The zero-order valence-corrected chi connectivity index (χ0v) is 13.9. The van der Waals surface area contributed by atoms with Gasteiger partial charge in [-0.05, 0) is 13.8 Å². The van der Waals surface area contributed by atoms with Crippen LogP contribution in [-0.4, -0.2) is 20.8 Å². The largest absolute Gasteiger partial charge is 0.353 e. The van der Waals surface area contributed by atoms with Gasteiger partial charge in [-0.15, -0.1) is 0 Å². The molecule has 2 unspecified atom stereocenters. The fourth-order valence-corrected chi connectivity index (χ4v) is 8.12. The number of rotatable bonds is 3. The van der Waals surface area contributed by atoms with Crippen LogP contribution in [0.5, 0.6) is 0 Å². The molecule has 0 saturated carbocycles. The maximum absolute atomic E-state index is 12.8. The van der Waals surface area contributed by atoms with Crippen molar-refractivity contribution in [1.29, 1.82) is 0 Å².